The summed E-state index contributed by atoms with van der Waals surface area (Å²) >= 11 is 0. The Morgan fingerprint density at radius 3 is 2.36 bits per heavy atom. The minimum absolute atomic E-state index is 0. The van der Waals surface area contributed by atoms with E-state index in [9.17, 15) is 12.8 Å². The van der Waals surface area contributed by atoms with Crippen molar-refractivity contribution in [3.05, 3.63) is 77.5 Å². The Kier molecular flexibility index (Phi) is 5.57. The van der Waals surface area contributed by atoms with E-state index in [-0.39, 0.29) is 11.9 Å². The van der Waals surface area contributed by atoms with Crippen LogP contribution in [-0.4, -0.2) is 23.6 Å². The molecule has 0 atom stereocenters. The van der Waals surface area contributed by atoms with E-state index in [4.69, 9.17) is 0 Å². The fourth-order valence-electron chi connectivity index (χ4n) is 2.48. The largest absolute Gasteiger partial charge is 0.256 e. The quantitative estimate of drug-likeness (QED) is 0.615. The number of hydrogen-bond acceptors (Lipinski definition) is 4. The van der Waals surface area contributed by atoms with Crippen LogP contribution >= 0.6 is 0 Å². The fourth-order valence-corrected chi connectivity index (χ4v) is 3.54. The molecule has 0 radical (unpaired) electrons. The van der Waals surface area contributed by atoms with E-state index in [0.29, 0.717) is 17.1 Å². The van der Waals surface area contributed by atoms with Gasteiger partial charge in [0.15, 0.2) is 9.84 Å². The highest BCUT2D eigenvalue weighted by molar-refractivity contribution is 7.92. The molecule has 4 nitrogen and oxygen atoms in total. The summed E-state index contributed by atoms with van der Waals surface area (Å²) in [7, 11) is -3.33. The standard InChI is InChI=1S/C22H19FN2O2S.H2/c1-15(2)28(26,27)19-11-8-18(9-12-19)22-14-24-16(3)21(25-22)13-10-17-6-4-5-7-20(17)23;/h4-9,11-12,14-15H,1-3H3;1H. The molecule has 0 amide bonds. The predicted octanol–water partition coefficient (Wildman–Crippen LogP) is 4.42. The minimum atomic E-state index is -3.33. The summed E-state index contributed by atoms with van der Waals surface area (Å²) in [5.41, 5.74) is 2.66. The molecule has 0 spiro atoms. The summed E-state index contributed by atoms with van der Waals surface area (Å²) in [4.78, 5) is 9.09. The smallest absolute Gasteiger partial charge is 0.180 e. The Bertz CT molecular complexity index is 1180. The molecule has 0 fully saturated rings. The van der Waals surface area contributed by atoms with Crippen LogP contribution in [0.5, 0.6) is 0 Å². The van der Waals surface area contributed by atoms with Crippen molar-refractivity contribution in [2.45, 2.75) is 30.9 Å². The van der Waals surface area contributed by atoms with Crippen molar-refractivity contribution >= 4 is 9.84 Å². The van der Waals surface area contributed by atoms with Crippen LogP contribution in [0.25, 0.3) is 11.3 Å². The first-order chi connectivity index (χ1) is 13.3. The van der Waals surface area contributed by atoms with Crippen molar-refractivity contribution in [3.63, 3.8) is 0 Å². The second kappa shape index (κ2) is 7.91. The SMILES string of the molecule is Cc1ncc(-c2ccc(S(=O)(=O)C(C)C)cc2)nc1C#Cc1ccccc1F.[HH]. The van der Waals surface area contributed by atoms with Crippen molar-refractivity contribution in [1.29, 1.82) is 0 Å². The van der Waals surface area contributed by atoms with Gasteiger partial charge in [0.25, 0.3) is 0 Å². The molecule has 0 aliphatic heterocycles. The normalized spacial score (nSPS) is 11.2. The van der Waals surface area contributed by atoms with Crippen molar-refractivity contribution < 1.29 is 14.2 Å². The monoisotopic (exact) mass is 396 g/mol. The van der Waals surface area contributed by atoms with Crippen molar-refractivity contribution in [2.24, 2.45) is 0 Å². The summed E-state index contributed by atoms with van der Waals surface area (Å²) in [5.74, 6) is 5.26. The van der Waals surface area contributed by atoms with E-state index in [1.165, 1.54) is 6.07 Å². The Labute approximate surface area is 165 Å². The lowest BCUT2D eigenvalue weighted by atomic mass is 10.1. The molecule has 1 aromatic heterocycles. The Balaban J connectivity index is 0.00000300. The lowest BCUT2D eigenvalue weighted by Crippen LogP contribution is -2.13. The molecule has 0 saturated carbocycles. The number of benzene rings is 2. The van der Waals surface area contributed by atoms with Crippen LogP contribution in [0.3, 0.4) is 0 Å². The Hall–Kier alpha value is -3.04. The summed E-state index contributed by atoms with van der Waals surface area (Å²) in [6.07, 6.45) is 1.61. The molecule has 1 heterocycles. The third-order valence-corrected chi connectivity index (χ3v) is 6.41. The molecule has 0 aliphatic rings. The lowest BCUT2D eigenvalue weighted by Gasteiger charge is -2.09. The van der Waals surface area contributed by atoms with Gasteiger partial charge in [-0.05, 0) is 51.0 Å². The number of sulfone groups is 1. The topological polar surface area (TPSA) is 59.9 Å². The molecule has 3 aromatic rings. The first-order valence-electron chi connectivity index (χ1n) is 8.73. The minimum Gasteiger partial charge on any atom is -0.256 e. The van der Waals surface area contributed by atoms with Gasteiger partial charge in [0.1, 0.15) is 11.5 Å². The van der Waals surface area contributed by atoms with E-state index < -0.39 is 20.9 Å². The summed E-state index contributed by atoms with van der Waals surface area (Å²) in [6, 6.07) is 12.8. The number of nitrogens with zero attached hydrogens (tertiary/aromatic N) is 2. The molecule has 0 aliphatic carbocycles. The second-order valence-corrected chi connectivity index (χ2v) is 9.04. The van der Waals surface area contributed by atoms with Gasteiger partial charge in [0, 0.05) is 6.99 Å². The highest BCUT2D eigenvalue weighted by Crippen LogP contribution is 2.22. The van der Waals surface area contributed by atoms with Gasteiger partial charge in [-0.2, -0.15) is 0 Å². The van der Waals surface area contributed by atoms with Crippen LogP contribution in [0.15, 0.2) is 59.6 Å². The molecule has 28 heavy (non-hydrogen) atoms. The van der Waals surface area contributed by atoms with E-state index in [2.05, 4.69) is 21.8 Å². The van der Waals surface area contributed by atoms with Crippen molar-refractivity contribution in [2.75, 3.05) is 0 Å². The number of aryl methyl sites for hydroxylation is 1. The first kappa shape index (κ1) is 19.7. The summed E-state index contributed by atoms with van der Waals surface area (Å²) in [5, 5.41) is -0.488. The van der Waals surface area contributed by atoms with Gasteiger partial charge in [-0.25, -0.2) is 17.8 Å². The van der Waals surface area contributed by atoms with Crippen LogP contribution in [0.4, 0.5) is 4.39 Å². The predicted molar refractivity (Wildman–Crippen MR) is 109 cm³/mol. The van der Waals surface area contributed by atoms with Crippen molar-refractivity contribution in [1.82, 2.24) is 9.97 Å². The maximum Gasteiger partial charge on any atom is 0.180 e. The van der Waals surface area contributed by atoms with E-state index in [0.717, 1.165) is 5.56 Å². The van der Waals surface area contributed by atoms with Crippen LogP contribution < -0.4 is 0 Å². The first-order valence-corrected chi connectivity index (χ1v) is 10.3. The molecule has 0 saturated heterocycles. The number of aromatic nitrogens is 2. The zero-order valence-electron chi connectivity index (χ0n) is 15.8. The molecule has 6 heteroatoms. The van der Waals surface area contributed by atoms with Crippen LogP contribution in [0.2, 0.25) is 0 Å². The van der Waals surface area contributed by atoms with Crippen LogP contribution in [0.1, 0.15) is 32.2 Å². The Morgan fingerprint density at radius 2 is 1.71 bits per heavy atom. The molecular weight excluding hydrogens is 375 g/mol. The van der Waals surface area contributed by atoms with Crippen LogP contribution in [0, 0.1) is 24.6 Å². The molecule has 3 rings (SSSR count). The maximum atomic E-state index is 13.7. The number of halogens is 1. The molecule has 144 valence electrons. The van der Waals surface area contributed by atoms with Gasteiger partial charge in [0.2, 0.25) is 0 Å². The maximum absolute atomic E-state index is 13.7. The van der Waals surface area contributed by atoms with Crippen molar-refractivity contribution in [3.8, 4) is 23.1 Å². The Morgan fingerprint density at radius 1 is 1.04 bits per heavy atom. The third-order valence-electron chi connectivity index (χ3n) is 4.24. The van der Waals surface area contributed by atoms with Gasteiger partial charge >= 0.3 is 0 Å². The molecule has 2 aromatic carbocycles. The molecule has 0 N–H and O–H groups in total. The van der Waals surface area contributed by atoms with Gasteiger partial charge in [-0.3, -0.25) is 4.98 Å². The van der Waals surface area contributed by atoms with E-state index in [1.54, 1.807) is 69.4 Å². The van der Waals surface area contributed by atoms with E-state index >= 15 is 0 Å². The molecular formula is C22H21FN2O2S. The average Bonchev–Trinajstić information content (AvgIpc) is 2.68. The second-order valence-electron chi connectivity index (χ2n) is 6.54. The lowest BCUT2D eigenvalue weighted by molar-refractivity contribution is 0.587. The average molecular weight is 396 g/mol. The third kappa shape index (κ3) is 4.10. The van der Waals surface area contributed by atoms with Crippen LogP contribution in [-0.2, 0) is 9.84 Å². The van der Waals surface area contributed by atoms with Gasteiger partial charge in [0.05, 0.1) is 33.3 Å². The summed E-state index contributed by atoms with van der Waals surface area (Å²) < 4.78 is 38.2. The van der Waals surface area contributed by atoms with Gasteiger partial charge in [-0.1, -0.05) is 30.2 Å². The molecule has 0 bridgehead atoms. The fraction of sp³-hybridized carbons (Fsp3) is 0.182. The highest BCUT2D eigenvalue weighted by Gasteiger charge is 2.19. The molecule has 0 unspecified atom stereocenters. The van der Waals surface area contributed by atoms with Gasteiger partial charge < -0.3 is 0 Å². The summed E-state index contributed by atoms with van der Waals surface area (Å²) in [6.45, 7) is 5.07. The zero-order valence-corrected chi connectivity index (χ0v) is 16.6. The number of hydrogen-bond donors (Lipinski definition) is 0. The van der Waals surface area contributed by atoms with Gasteiger partial charge in [-0.15, -0.1) is 0 Å². The number of rotatable bonds is 3. The zero-order chi connectivity index (χ0) is 20.3. The highest BCUT2D eigenvalue weighted by atomic mass is 32.2. The van der Waals surface area contributed by atoms with E-state index in [1.807, 2.05) is 0 Å².